The first kappa shape index (κ1) is 15.2. The summed E-state index contributed by atoms with van der Waals surface area (Å²) in [6.07, 6.45) is -0.140. The highest BCUT2D eigenvalue weighted by Crippen LogP contribution is 2.36. The first-order valence-electron chi connectivity index (χ1n) is 6.50. The molecular weight excluding hydrogens is 326 g/mol. The number of halogens is 3. The molecule has 0 unspecified atom stereocenters. The summed E-state index contributed by atoms with van der Waals surface area (Å²) in [5, 5.41) is 11.5. The molecule has 0 spiro atoms. The molecule has 0 saturated heterocycles. The third-order valence-electron chi connectivity index (χ3n) is 3.32. The second-order valence-corrected chi connectivity index (χ2v) is 5.09. The average Bonchev–Trinajstić information content (AvgIpc) is 2.52. The summed E-state index contributed by atoms with van der Waals surface area (Å²) in [4.78, 5) is 14.7. The second-order valence-electron chi connectivity index (χ2n) is 4.72. The SMILES string of the molecule is O=C(O)Nc1ccnc(-c2cccc3ccc(F)c(Cl)c23)c1F. The quantitative estimate of drug-likeness (QED) is 0.699. The minimum absolute atomic E-state index is 0.116. The number of carbonyl (C=O) groups is 1. The Morgan fingerprint density at radius 3 is 2.70 bits per heavy atom. The molecule has 0 saturated carbocycles. The van der Waals surface area contributed by atoms with E-state index in [-0.39, 0.29) is 22.0 Å². The minimum Gasteiger partial charge on any atom is -0.465 e. The number of nitrogens with zero attached hydrogens (tertiary/aromatic N) is 1. The fourth-order valence-electron chi connectivity index (χ4n) is 2.35. The van der Waals surface area contributed by atoms with Crippen LogP contribution >= 0.6 is 11.6 Å². The van der Waals surface area contributed by atoms with Gasteiger partial charge < -0.3 is 5.11 Å². The zero-order valence-corrected chi connectivity index (χ0v) is 12.2. The highest BCUT2D eigenvalue weighted by atomic mass is 35.5. The van der Waals surface area contributed by atoms with Crippen molar-refractivity contribution in [3.63, 3.8) is 0 Å². The van der Waals surface area contributed by atoms with Gasteiger partial charge in [-0.2, -0.15) is 0 Å². The summed E-state index contributed by atoms with van der Waals surface area (Å²) in [5.74, 6) is -1.49. The van der Waals surface area contributed by atoms with E-state index in [1.165, 1.54) is 24.4 Å². The number of anilines is 1. The Balaban J connectivity index is 2.30. The summed E-state index contributed by atoms with van der Waals surface area (Å²) in [7, 11) is 0. The van der Waals surface area contributed by atoms with Crippen LogP contribution in [0.1, 0.15) is 0 Å². The molecule has 0 radical (unpaired) electrons. The van der Waals surface area contributed by atoms with E-state index in [9.17, 15) is 13.6 Å². The zero-order chi connectivity index (χ0) is 16.6. The van der Waals surface area contributed by atoms with Gasteiger partial charge in [0.25, 0.3) is 0 Å². The van der Waals surface area contributed by atoms with Crippen molar-refractivity contribution >= 4 is 34.2 Å². The standard InChI is InChI=1S/C16H9ClF2N2O2/c17-13-10(18)5-4-8-2-1-3-9(12(8)13)15-14(19)11(6-7-20-15)21-16(22)23/h1-7H,(H,20,21)(H,22,23). The molecule has 4 nitrogen and oxygen atoms in total. The monoisotopic (exact) mass is 334 g/mol. The van der Waals surface area contributed by atoms with Crippen LogP contribution in [-0.2, 0) is 0 Å². The Morgan fingerprint density at radius 1 is 1.17 bits per heavy atom. The van der Waals surface area contributed by atoms with Crippen molar-refractivity contribution in [3.05, 3.63) is 59.3 Å². The number of pyridine rings is 1. The maximum absolute atomic E-state index is 14.6. The highest BCUT2D eigenvalue weighted by Gasteiger charge is 2.17. The number of aromatic nitrogens is 1. The molecular formula is C16H9ClF2N2O2. The van der Waals surface area contributed by atoms with Gasteiger partial charge in [-0.1, -0.05) is 35.9 Å². The molecule has 0 aliphatic carbocycles. The molecule has 7 heteroatoms. The maximum atomic E-state index is 14.6. The van der Waals surface area contributed by atoms with Crippen LogP contribution in [-0.4, -0.2) is 16.2 Å². The Labute approximate surface area is 134 Å². The first-order chi connectivity index (χ1) is 11.0. The van der Waals surface area contributed by atoms with Crippen molar-refractivity contribution < 1.29 is 18.7 Å². The lowest BCUT2D eigenvalue weighted by Crippen LogP contribution is -2.09. The summed E-state index contributed by atoms with van der Waals surface area (Å²) in [5.41, 5.74) is -0.0834. The lowest BCUT2D eigenvalue weighted by atomic mass is 10.0. The van der Waals surface area contributed by atoms with Crippen molar-refractivity contribution in [1.29, 1.82) is 0 Å². The molecule has 2 aromatic carbocycles. The van der Waals surface area contributed by atoms with Crippen LogP contribution in [0.2, 0.25) is 5.02 Å². The Hall–Kier alpha value is -2.73. The van der Waals surface area contributed by atoms with Gasteiger partial charge in [0, 0.05) is 17.1 Å². The van der Waals surface area contributed by atoms with Gasteiger partial charge in [0.2, 0.25) is 0 Å². The molecule has 1 heterocycles. The van der Waals surface area contributed by atoms with Crippen LogP contribution in [0, 0.1) is 11.6 Å². The van der Waals surface area contributed by atoms with Crippen LogP contribution in [0.25, 0.3) is 22.0 Å². The predicted octanol–water partition coefficient (Wildman–Crippen LogP) is 4.92. The van der Waals surface area contributed by atoms with Gasteiger partial charge >= 0.3 is 6.09 Å². The smallest absolute Gasteiger partial charge is 0.409 e. The molecule has 3 rings (SSSR count). The summed E-state index contributed by atoms with van der Waals surface area (Å²) >= 11 is 6.02. The molecule has 0 atom stereocenters. The van der Waals surface area contributed by atoms with Crippen LogP contribution in [0.4, 0.5) is 19.3 Å². The average molecular weight is 335 g/mol. The van der Waals surface area contributed by atoms with E-state index in [4.69, 9.17) is 16.7 Å². The van der Waals surface area contributed by atoms with Crippen LogP contribution in [0.5, 0.6) is 0 Å². The Bertz CT molecular complexity index is 931. The molecule has 116 valence electrons. The molecule has 1 amide bonds. The number of carboxylic acid groups (broad SMARTS) is 1. The number of rotatable bonds is 2. The number of benzene rings is 2. The molecule has 0 aliphatic heterocycles. The van der Waals surface area contributed by atoms with Gasteiger partial charge in [-0.25, -0.2) is 13.6 Å². The number of nitrogens with one attached hydrogen (secondary N) is 1. The van der Waals surface area contributed by atoms with Gasteiger partial charge in [0.05, 0.1) is 10.7 Å². The molecule has 0 aliphatic rings. The van der Waals surface area contributed by atoms with Gasteiger partial charge in [0.15, 0.2) is 5.82 Å². The van der Waals surface area contributed by atoms with Crippen molar-refractivity contribution in [1.82, 2.24) is 4.98 Å². The van der Waals surface area contributed by atoms with E-state index < -0.39 is 17.7 Å². The second kappa shape index (κ2) is 5.81. The molecule has 3 aromatic rings. The van der Waals surface area contributed by atoms with E-state index in [0.29, 0.717) is 10.8 Å². The van der Waals surface area contributed by atoms with Crippen LogP contribution in [0.3, 0.4) is 0 Å². The minimum atomic E-state index is -1.40. The molecule has 23 heavy (non-hydrogen) atoms. The molecule has 0 bridgehead atoms. The van der Waals surface area contributed by atoms with Crippen molar-refractivity contribution in [2.24, 2.45) is 0 Å². The van der Waals surface area contributed by atoms with E-state index in [0.717, 1.165) is 0 Å². The first-order valence-corrected chi connectivity index (χ1v) is 6.88. The fraction of sp³-hybridized carbons (Fsp3) is 0. The maximum Gasteiger partial charge on any atom is 0.409 e. The van der Waals surface area contributed by atoms with Gasteiger partial charge in [-0.15, -0.1) is 0 Å². The van der Waals surface area contributed by atoms with Crippen molar-refractivity contribution in [2.45, 2.75) is 0 Å². The normalized spacial score (nSPS) is 10.7. The molecule has 0 fully saturated rings. The van der Waals surface area contributed by atoms with Crippen molar-refractivity contribution in [2.75, 3.05) is 5.32 Å². The number of fused-ring (bicyclic) bond motifs is 1. The Kier molecular flexibility index (Phi) is 3.83. The molecule has 1 aromatic heterocycles. The van der Waals surface area contributed by atoms with Gasteiger partial charge in [0.1, 0.15) is 11.5 Å². The van der Waals surface area contributed by atoms with E-state index >= 15 is 0 Å². The van der Waals surface area contributed by atoms with E-state index in [1.807, 2.05) is 5.32 Å². The topological polar surface area (TPSA) is 62.2 Å². The van der Waals surface area contributed by atoms with Crippen molar-refractivity contribution in [3.8, 4) is 11.3 Å². The fourth-order valence-corrected chi connectivity index (χ4v) is 2.62. The predicted molar refractivity (Wildman–Crippen MR) is 83.8 cm³/mol. The third kappa shape index (κ3) is 2.68. The van der Waals surface area contributed by atoms with Crippen LogP contribution in [0.15, 0.2) is 42.6 Å². The summed E-state index contributed by atoms with van der Waals surface area (Å²) in [6.45, 7) is 0. The summed E-state index contributed by atoms with van der Waals surface area (Å²) in [6, 6.07) is 8.85. The largest absolute Gasteiger partial charge is 0.465 e. The zero-order valence-electron chi connectivity index (χ0n) is 11.5. The number of hydrogen-bond acceptors (Lipinski definition) is 2. The Morgan fingerprint density at radius 2 is 1.96 bits per heavy atom. The lowest BCUT2D eigenvalue weighted by Gasteiger charge is -2.11. The highest BCUT2D eigenvalue weighted by molar-refractivity contribution is 6.36. The third-order valence-corrected chi connectivity index (χ3v) is 3.69. The van der Waals surface area contributed by atoms with E-state index in [1.54, 1.807) is 18.2 Å². The van der Waals surface area contributed by atoms with E-state index in [2.05, 4.69) is 4.98 Å². The van der Waals surface area contributed by atoms with Gasteiger partial charge in [-0.3, -0.25) is 10.3 Å². The number of amides is 1. The lowest BCUT2D eigenvalue weighted by molar-refractivity contribution is 0.209. The number of hydrogen-bond donors (Lipinski definition) is 2. The van der Waals surface area contributed by atoms with Crippen LogP contribution < -0.4 is 5.32 Å². The summed E-state index contributed by atoms with van der Waals surface area (Å²) < 4.78 is 28.3. The molecule has 2 N–H and O–H groups in total. The van der Waals surface area contributed by atoms with Gasteiger partial charge in [-0.05, 0) is 17.5 Å².